The van der Waals surface area contributed by atoms with E-state index in [1.165, 1.54) is 62.6 Å². The number of hydrogen-bond acceptors (Lipinski definition) is 2. The Morgan fingerprint density at radius 2 is 1.81 bits per heavy atom. The minimum Gasteiger partial charge on any atom is -0.346 e. The molecule has 4 rings (SSSR count). The van der Waals surface area contributed by atoms with Crippen LogP contribution in [0.3, 0.4) is 0 Å². The van der Waals surface area contributed by atoms with E-state index in [1.807, 2.05) is 12.4 Å². The minimum atomic E-state index is 1.01. The Morgan fingerprint density at radius 3 is 2.62 bits per heavy atom. The van der Waals surface area contributed by atoms with Crippen molar-refractivity contribution in [3.8, 4) is 0 Å². The Hall–Kier alpha value is -1.35. The minimum absolute atomic E-state index is 1.01. The maximum Gasteiger partial charge on any atom is 0.137 e. The molecule has 1 saturated heterocycles. The second-order valence-electron chi connectivity index (χ2n) is 6.87. The molecule has 0 amide bonds. The molecule has 2 aliphatic rings. The lowest BCUT2D eigenvalue weighted by Crippen LogP contribution is -2.35. The fraction of sp³-hybridized carbons (Fsp3) is 0.611. The van der Waals surface area contributed by atoms with E-state index >= 15 is 0 Å². The largest absolute Gasteiger partial charge is 0.346 e. The number of rotatable bonds is 3. The summed E-state index contributed by atoms with van der Waals surface area (Å²) in [4.78, 5) is 10.2. The van der Waals surface area contributed by atoms with Crippen LogP contribution in [0.5, 0.6) is 0 Å². The first-order valence-corrected chi connectivity index (χ1v) is 8.53. The first kappa shape index (κ1) is 13.3. The van der Waals surface area contributed by atoms with Crippen LogP contribution < -0.4 is 0 Å². The molecule has 3 heteroatoms. The number of likely N-dealkylation sites (tertiary alicyclic amines) is 1. The first-order chi connectivity index (χ1) is 10.4. The number of hydrogen-bond donors (Lipinski definition) is 1. The van der Waals surface area contributed by atoms with Gasteiger partial charge in [0.05, 0.1) is 0 Å². The van der Waals surface area contributed by atoms with Gasteiger partial charge >= 0.3 is 0 Å². The van der Waals surface area contributed by atoms with Crippen LogP contribution in [0.1, 0.15) is 44.1 Å². The molecule has 2 aromatic rings. The van der Waals surface area contributed by atoms with E-state index in [0.29, 0.717) is 0 Å². The van der Waals surface area contributed by atoms with Crippen molar-refractivity contribution in [1.29, 1.82) is 0 Å². The van der Waals surface area contributed by atoms with Crippen LogP contribution in [0.25, 0.3) is 11.0 Å². The molecule has 1 N–H and O–H groups in total. The van der Waals surface area contributed by atoms with Gasteiger partial charge in [-0.05, 0) is 55.5 Å². The lowest BCUT2D eigenvalue weighted by atomic mass is 9.83. The summed E-state index contributed by atoms with van der Waals surface area (Å²) in [5, 5.41) is 1.29. The molecule has 0 atom stereocenters. The summed E-state index contributed by atoms with van der Waals surface area (Å²) < 4.78 is 0. The topological polar surface area (TPSA) is 31.9 Å². The zero-order valence-corrected chi connectivity index (χ0v) is 12.7. The third-order valence-corrected chi connectivity index (χ3v) is 5.64. The quantitative estimate of drug-likeness (QED) is 0.924. The van der Waals surface area contributed by atoms with Gasteiger partial charge in [-0.2, -0.15) is 0 Å². The Bertz CT molecular complexity index is 589. The van der Waals surface area contributed by atoms with Gasteiger partial charge in [-0.25, -0.2) is 4.98 Å². The smallest absolute Gasteiger partial charge is 0.137 e. The van der Waals surface area contributed by atoms with Crippen LogP contribution in [0, 0.1) is 11.8 Å². The van der Waals surface area contributed by atoms with Gasteiger partial charge in [0, 0.05) is 24.3 Å². The second kappa shape index (κ2) is 5.80. The highest BCUT2D eigenvalue weighted by Crippen LogP contribution is 2.37. The van der Waals surface area contributed by atoms with E-state index in [9.17, 15) is 0 Å². The molecule has 0 aromatic carbocycles. The zero-order chi connectivity index (χ0) is 14.1. The van der Waals surface area contributed by atoms with E-state index in [2.05, 4.69) is 27.0 Å². The van der Waals surface area contributed by atoms with Crippen molar-refractivity contribution < 1.29 is 0 Å². The summed E-state index contributed by atoms with van der Waals surface area (Å²) in [5.41, 5.74) is 2.44. The number of nitrogens with one attached hydrogen (secondary N) is 1. The van der Waals surface area contributed by atoms with E-state index < -0.39 is 0 Å². The van der Waals surface area contributed by atoms with Crippen LogP contribution in [0.15, 0.2) is 24.5 Å². The molecule has 1 aliphatic heterocycles. The average molecular weight is 283 g/mol. The molecule has 0 spiro atoms. The summed E-state index contributed by atoms with van der Waals surface area (Å²) >= 11 is 0. The molecule has 1 saturated carbocycles. The lowest BCUT2D eigenvalue weighted by molar-refractivity contribution is 0.143. The molecule has 3 nitrogen and oxygen atoms in total. The highest BCUT2D eigenvalue weighted by Gasteiger charge is 2.28. The molecule has 2 aromatic heterocycles. The van der Waals surface area contributed by atoms with Crippen molar-refractivity contribution in [3.05, 3.63) is 30.1 Å². The van der Waals surface area contributed by atoms with Crippen molar-refractivity contribution in [2.24, 2.45) is 11.8 Å². The monoisotopic (exact) mass is 283 g/mol. The molecule has 2 fully saturated rings. The van der Waals surface area contributed by atoms with Crippen LogP contribution in [-0.4, -0.2) is 28.0 Å². The van der Waals surface area contributed by atoms with Gasteiger partial charge in [0.15, 0.2) is 0 Å². The maximum absolute atomic E-state index is 4.39. The standard InChI is InChI=1S/C18H25N3/c1-2-4-14(3-1)15-7-11-21(12-8-15)13-16-5-9-19-18-17(16)6-10-20-18/h5-6,9-10,14-15H,1-4,7-8,11-13H2,(H,19,20). The van der Waals surface area contributed by atoms with Crippen molar-refractivity contribution in [2.75, 3.05) is 13.1 Å². The highest BCUT2D eigenvalue weighted by atomic mass is 15.1. The molecule has 0 radical (unpaired) electrons. The van der Waals surface area contributed by atoms with Crippen LogP contribution >= 0.6 is 0 Å². The van der Waals surface area contributed by atoms with Gasteiger partial charge in [0.25, 0.3) is 0 Å². The van der Waals surface area contributed by atoms with Crippen LogP contribution in [-0.2, 0) is 6.54 Å². The van der Waals surface area contributed by atoms with Crippen molar-refractivity contribution in [2.45, 2.75) is 45.1 Å². The molecule has 1 aliphatic carbocycles. The number of piperidine rings is 1. The molecular weight excluding hydrogens is 258 g/mol. The van der Waals surface area contributed by atoms with E-state index in [-0.39, 0.29) is 0 Å². The maximum atomic E-state index is 4.39. The van der Waals surface area contributed by atoms with Gasteiger partial charge < -0.3 is 4.98 Å². The van der Waals surface area contributed by atoms with E-state index in [0.717, 1.165) is 24.0 Å². The van der Waals surface area contributed by atoms with Crippen LogP contribution in [0.2, 0.25) is 0 Å². The average Bonchev–Trinajstić information content (AvgIpc) is 3.20. The summed E-state index contributed by atoms with van der Waals surface area (Å²) in [7, 11) is 0. The van der Waals surface area contributed by atoms with Gasteiger partial charge in [-0.3, -0.25) is 4.90 Å². The number of nitrogens with zero attached hydrogens (tertiary/aromatic N) is 2. The Balaban J connectivity index is 1.39. The fourth-order valence-electron chi connectivity index (χ4n) is 4.41. The Kier molecular flexibility index (Phi) is 3.68. The third-order valence-electron chi connectivity index (χ3n) is 5.64. The van der Waals surface area contributed by atoms with Gasteiger partial charge in [-0.1, -0.05) is 25.7 Å². The lowest BCUT2D eigenvalue weighted by Gasteiger charge is -2.35. The van der Waals surface area contributed by atoms with Gasteiger partial charge in [0.1, 0.15) is 5.65 Å². The highest BCUT2D eigenvalue weighted by molar-refractivity contribution is 5.79. The van der Waals surface area contributed by atoms with Gasteiger partial charge in [0.2, 0.25) is 0 Å². The van der Waals surface area contributed by atoms with Gasteiger partial charge in [-0.15, -0.1) is 0 Å². The fourth-order valence-corrected chi connectivity index (χ4v) is 4.41. The van der Waals surface area contributed by atoms with Crippen molar-refractivity contribution in [3.63, 3.8) is 0 Å². The predicted octanol–water partition coefficient (Wildman–Crippen LogP) is 3.97. The second-order valence-corrected chi connectivity index (χ2v) is 6.87. The molecule has 21 heavy (non-hydrogen) atoms. The molecule has 3 heterocycles. The van der Waals surface area contributed by atoms with Crippen molar-refractivity contribution in [1.82, 2.24) is 14.9 Å². The summed E-state index contributed by atoms with van der Waals surface area (Å²) in [6.07, 6.45) is 12.7. The van der Waals surface area contributed by atoms with Crippen LogP contribution in [0.4, 0.5) is 0 Å². The van der Waals surface area contributed by atoms with E-state index in [4.69, 9.17) is 0 Å². The third kappa shape index (κ3) is 2.71. The first-order valence-electron chi connectivity index (χ1n) is 8.53. The number of H-pyrrole nitrogens is 1. The number of pyridine rings is 1. The summed E-state index contributed by atoms with van der Waals surface area (Å²) in [6.45, 7) is 3.62. The summed E-state index contributed by atoms with van der Waals surface area (Å²) in [5.74, 6) is 2.05. The Labute approximate surface area is 126 Å². The predicted molar refractivity (Wildman–Crippen MR) is 86.1 cm³/mol. The number of fused-ring (bicyclic) bond motifs is 1. The molecular formula is C18H25N3. The Morgan fingerprint density at radius 1 is 1.05 bits per heavy atom. The van der Waals surface area contributed by atoms with E-state index in [1.54, 1.807) is 0 Å². The molecule has 0 unspecified atom stereocenters. The number of aromatic nitrogens is 2. The SMILES string of the molecule is c1cc(CN2CCC(C3CCCC3)CC2)c2cc[nH]c2n1. The molecule has 0 bridgehead atoms. The van der Waals surface area contributed by atoms with Crippen molar-refractivity contribution >= 4 is 11.0 Å². The summed E-state index contributed by atoms with van der Waals surface area (Å²) in [6, 6.07) is 4.34. The molecule has 112 valence electrons. The normalized spacial score (nSPS) is 22.3. The zero-order valence-electron chi connectivity index (χ0n) is 12.7. The number of aromatic amines is 1.